The second kappa shape index (κ2) is 8.99. The molecule has 1 aromatic rings. The summed E-state index contributed by atoms with van der Waals surface area (Å²) in [6.07, 6.45) is 0.761. The van der Waals surface area contributed by atoms with Crippen molar-refractivity contribution in [1.29, 1.82) is 5.26 Å². The summed E-state index contributed by atoms with van der Waals surface area (Å²) in [6, 6.07) is 8.05. The van der Waals surface area contributed by atoms with Crippen molar-refractivity contribution < 1.29 is 23.0 Å². The van der Waals surface area contributed by atoms with Crippen LogP contribution in [-0.4, -0.2) is 38.2 Å². The lowest BCUT2D eigenvalue weighted by Crippen LogP contribution is -2.32. The van der Waals surface area contributed by atoms with Gasteiger partial charge in [-0.1, -0.05) is 12.1 Å². The van der Waals surface area contributed by atoms with Gasteiger partial charge in [0.25, 0.3) is 12.3 Å². The van der Waals surface area contributed by atoms with Gasteiger partial charge >= 0.3 is 0 Å². The quantitative estimate of drug-likeness (QED) is 0.613. The van der Waals surface area contributed by atoms with E-state index in [0.717, 1.165) is 12.8 Å². The lowest BCUT2D eigenvalue weighted by atomic mass is 10.1. The van der Waals surface area contributed by atoms with Crippen LogP contribution in [0.15, 0.2) is 29.8 Å². The first kappa shape index (κ1) is 17.9. The molecule has 1 atom stereocenters. The van der Waals surface area contributed by atoms with Crippen LogP contribution >= 0.6 is 0 Å². The average molecular weight is 336 g/mol. The molecule has 0 unspecified atom stereocenters. The number of alkyl halides is 2. The summed E-state index contributed by atoms with van der Waals surface area (Å²) in [4.78, 5) is 12.0. The number of carbonyl (C=O) groups is 1. The van der Waals surface area contributed by atoms with Crippen LogP contribution in [0.25, 0.3) is 6.08 Å². The van der Waals surface area contributed by atoms with Crippen LogP contribution in [0.1, 0.15) is 18.4 Å². The molecule has 1 aromatic carbocycles. The molecule has 1 fully saturated rings. The smallest absolute Gasteiger partial charge is 0.272 e. The number of rotatable bonds is 7. The number of nitriles is 1. The van der Waals surface area contributed by atoms with E-state index in [-0.39, 0.29) is 11.7 Å². The van der Waals surface area contributed by atoms with Crippen LogP contribution in [0.5, 0.6) is 5.75 Å². The number of nitrogens with one attached hydrogen (secondary N) is 1. The van der Waals surface area contributed by atoms with Gasteiger partial charge in [0.1, 0.15) is 24.0 Å². The van der Waals surface area contributed by atoms with Crippen molar-refractivity contribution in [2.45, 2.75) is 25.4 Å². The molecule has 0 bridgehead atoms. The molecule has 1 aliphatic rings. The summed E-state index contributed by atoms with van der Waals surface area (Å²) in [5.74, 6) is -0.167. The Bertz CT molecular complexity index is 618. The van der Waals surface area contributed by atoms with Gasteiger partial charge in [-0.05, 0) is 36.6 Å². The first-order valence-electron chi connectivity index (χ1n) is 7.61. The highest BCUT2D eigenvalue weighted by atomic mass is 19.3. The number of amides is 1. The van der Waals surface area contributed by atoms with Crippen LogP contribution in [0, 0.1) is 11.3 Å². The highest BCUT2D eigenvalue weighted by Crippen LogP contribution is 2.16. The third kappa shape index (κ3) is 5.63. The fraction of sp³-hybridized carbons (Fsp3) is 0.412. The fourth-order valence-corrected chi connectivity index (χ4v) is 2.24. The van der Waals surface area contributed by atoms with Gasteiger partial charge in [0, 0.05) is 13.2 Å². The summed E-state index contributed by atoms with van der Waals surface area (Å²) >= 11 is 0. The second-order valence-corrected chi connectivity index (χ2v) is 5.29. The van der Waals surface area contributed by atoms with Crippen LogP contribution < -0.4 is 10.1 Å². The standard InChI is InChI=1S/C17H18F2N2O3/c18-16(19)11-24-14-5-3-12(4-6-14)8-13(9-20)17(22)21-10-15-2-1-7-23-15/h3-6,8,15-16H,1-2,7,10-11H2,(H,21,22)/b13-8+/t15-/m1/s1. The maximum Gasteiger partial charge on any atom is 0.272 e. The summed E-state index contributed by atoms with van der Waals surface area (Å²) in [7, 11) is 0. The number of halogens is 2. The number of carbonyl (C=O) groups excluding carboxylic acids is 1. The van der Waals surface area contributed by atoms with Gasteiger partial charge in [0.05, 0.1) is 6.10 Å². The lowest BCUT2D eigenvalue weighted by Gasteiger charge is -2.10. The Balaban J connectivity index is 1.93. The highest BCUT2D eigenvalue weighted by molar-refractivity contribution is 6.01. The third-order valence-electron chi connectivity index (χ3n) is 3.45. The van der Waals surface area contributed by atoms with Crippen molar-refractivity contribution in [1.82, 2.24) is 5.32 Å². The van der Waals surface area contributed by atoms with Gasteiger partial charge in [0.15, 0.2) is 0 Å². The van der Waals surface area contributed by atoms with E-state index in [1.165, 1.54) is 18.2 Å². The van der Waals surface area contributed by atoms with E-state index in [1.54, 1.807) is 12.1 Å². The van der Waals surface area contributed by atoms with Crippen LogP contribution in [0.4, 0.5) is 8.78 Å². The van der Waals surface area contributed by atoms with E-state index < -0.39 is 18.9 Å². The van der Waals surface area contributed by atoms with E-state index in [4.69, 9.17) is 14.7 Å². The maximum absolute atomic E-state index is 12.1. The van der Waals surface area contributed by atoms with Gasteiger partial charge in [-0.15, -0.1) is 0 Å². The highest BCUT2D eigenvalue weighted by Gasteiger charge is 2.17. The number of benzene rings is 1. The molecule has 7 heteroatoms. The van der Waals surface area contributed by atoms with Crippen molar-refractivity contribution in [2.75, 3.05) is 19.8 Å². The SMILES string of the molecule is N#C/C(=C\c1ccc(OCC(F)F)cc1)C(=O)NC[C@H]1CCCO1. The van der Waals surface area contributed by atoms with E-state index in [0.29, 0.717) is 24.5 Å². The van der Waals surface area contributed by atoms with Crippen molar-refractivity contribution >= 4 is 12.0 Å². The molecule has 0 aliphatic carbocycles. The number of hydrogen-bond acceptors (Lipinski definition) is 4. The van der Waals surface area contributed by atoms with E-state index >= 15 is 0 Å². The predicted molar refractivity (Wildman–Crippen MR) is 83.5 cm³/mol. The topological polar surface area (TPSA) is 71.3 Å². The Morgan fingerprint density at radius 1 is 1.46 bits per heavy atom. The molecular formula is C17H18F2N2O3. The normalized spacial score (nSPS) is 17.6. The minimum absolute atomic E-state index is 0.000148. The van der Waals surface area contributed by atoms with Crippen LogP contribution in [0.3, 0.4) is 0 Å². The monoisotopic (exact) mass is 336 g/mol. The fourth-order valence-electron chi connectivity index (χ4n) is 2.24. The molecule has 0 radical (unpaired) electrons. The molecule has 1 aliphatic heterocycles. The number of ether oxygens (including phenoxy) is 2. The number of nitrogens with zero attached hydrogens (tertiary/aromatic N) is 1. The minimum Gasteiger partial charge on any atom is -0.488 e. The van der Waals surface area contributed by atoms with Crippen molar-refractivity contribution in [3.63, 3.8) is 0 Å². The zero-order valence-corrected chi connectivity index (χ0v) is 13.0. The minimum atomic E-state index is -2.54. The molecule has 1 heterocycles. The van der Waals surface area contributed by atoms with Crippen LogP contribution in [0.2, 0.25) is 0 Å². The van der Waals surface area contributed by atoms with E-state index in [9.17, 15) is 13.6 Å². The van der Waals surface area contributed by atoms with Crippen molar-refractivity contribution in [2.24, 2.45) is 0 Å². The lowest BCUT2D eigenvalue weighted by molar-refractivity contribution is -0.117. The molecule has 5 nitrogen and oxygen atoms in total. The van der Waals surface area contributed by atoms with Crippen molar-refractivity contribution in [3.8, 4) is 11.8 Å². The van der Waals surface area contributed by atoms with Gasteiger partial charge in [-0.25, -0.2) is 8.78 Å². The summed E-state index contributed by atoms with van der Waals surface area (Å²) in [6.45, 7) is 0.393. The molecule has 0 aromatic heterocycles. The molecule has 1 saturated heterocycles. The third-order valence-corrected chi connectivity index (χ3v) is 3.45. The van der Waals surface area contributed by atoms with Gasteiger partial charge in [0.2, 0.25) is 0 Å². The Kier molecular flexibility index (Phi) is 6.70. The van der Waals surface area contributed by atoms with Gasteiger partial charge in [-0.2, -0.15) is 5.26 Å². The zero-order chi connectivity index (χ0) is 17.4. The van der Waals surface area contributed by atoms with Crippen molar-refractivity contribution in [3.05, 3.63) is 35.4 Å². The first-order chi connectivity index (χ1) is 11.6. The Morgan fingerprint density at radius 2 is 2.21 bits per heavy atom. The molecule has 128 valence electrons. The molecule has 2 rings (SSSR count). The average Bonchev–Trinajstić information content (AvgIpc) is 3.10. The van der Waals surface area contributed by atoms with Gasteiger partial charge < -0.3 is 14.8 Å². The summed E-state index contributed by atoms with van der Waals surface area (Å²) in [5, 5.41) is 11.8. The van der Waals surface area contributed by atoms with Crippen LogP contribution in [-0.2, 0) is 9.53 Å². The first-order valence-corrected chi connectivity index (χ1v) is 7.61. The number of hydrogen-bond donors (Lipinski definition) is 1. The Morgan fingerprint density at radius 3 is 2.79 bits per heavy atom. The van der Waals surface area contributed by atoms with Gasteiger partial charge in [-0.3, -0.25) is 4.79 Å². The second-order valence-electron chi connectivity index (χ2n) is 5.29. The predicted octanol–water partition coefficient (Wildman–Crippen LogP) is 2.53. The Labute approximate surface area is 138 Å². The summed E-state index contributed by atoms with van der Waals surface area (Å²) in [5.41, 5.74) is 0.567. The zero-order valence-electron chi connectivity index (χ0n) is 13.0. The van der Waals surface area contributed by atoms with E-state index in [1.807, 2.05) is 6.07 Å². The van der Waals surface area contributed by atoms with E-state index in [2.05, 4.69) is 5.32 Å². The Hall–Kier alpha value is -2.46. The molecule has 1 N–H and O–H groups in total. The molecule has 0 saturated carbocycles. The largest absolute Gasteiger partial charge is 0.488 e. The molecule has 24 heavy (non-hydrogen) atoms. The molecule has 0 spiro atoms. The maximum atomic E-state index is 12.1. The molecule has 1 amide bonds. The summed E-state index contributed by atoms with van der Waals surface area (Å²) < 4.78 is 34.4. The molecular weight excluding hydrogens is 318 g/mol.